The second-order valence-corrected chi connectivity index (χ2v) is 6.34. The van der Waals surface area contributed by atoms with E-state index in [1.165, 1.54) is 11.8 Å². The maximum absolute atomic E-state index is 12.4. The molecule has 114 valence electrons. The molecule has 0 bridgehead atoms. The minimum atomic E-state index is -0.277. The first kappa shape index (κ1) is 14.8. The Hall–Kier alpha value is -2.15. The summed E-state index contributed by atoms with van der Waals surface area (Å²) in [5.41, 5.74) is 1.54. The van der Waals surface area contributed by atoms with Crippen molar-refractivity contribution in [1.82, 2.24) is 14.5 Å². The van der Waals surface area contributed by atoms with Gasteiger partial charge >= 0.3 is 0 Å². The zero-order valence-electron chi connectivity index (χ0n) is 12.4. The molecule has 0 saturated heterocycles. The van der Waals surface area contributed by atoms with E-state index >= 15 is 0 Å². The van der Waals surface area contributed by atoms with Gasteiger partial charge in [0.2, 0.25) is 5.91 Å². The van der Waals surface area contributed by atoms with E-state index in [0.717, 1.165) is 5.56 Å². The highest BCUT2D eigenvalue weighted by molar-refractivity contribution is 7.99. The smallest absolute Gasteiger partial charge is 0.257 e. The van der Waals surface area contributed by atoms with E-state index in [2.05, 4.69) is 15.3 Å². The summed E-state index contributed by atoms with van der Waals surface area (Å²) in [5, 5.41) is 3.49. The number of anilines is 1. The number of hydrogen-bond donors (Lipinski definition) is 1. The number of amides is 1. The quantitative estimate of drug-likeness (QED) is 0.852. The molecule has 7 heteroatoms. The van der Waals surface area contributed by atoms with Gasteiger partial charge in [0.15, 0.2) is 5.16 Å². The van der Waals surface area contributed by atoms with Crippen LogP contribution >= 0.6 is 11.8 Å². The number of thioether (sulfide) groups is 1. The number of rotatable bonds is 2. The summed E-state index contributed by atoms with van der Waals surface area (Å²) in [6, 6.07) is 3.69. The van der Waals surface area contributed by atoms with Crippen molar-refractivity contribution in [3.05, 3.63) is 46.0 Å². The lowest BCUT2D eigenvalue weighted by Crippen LogP contribution is -2.37. The molecular formula is C15H16N4O2S. The van der Waals surface area contributed by atoms with Gasteiger partial charge in [-0.15, -0.1) is 0 Å². The first-order valence-corrected chi connectivity index (χ1v) is 7.96. The molecule has 22 heavy (non-hydrogen) atoms. The molecular weight excluding hydrogens is 300 g/mol. The van der Waals surface area contributed by atoms with Crippen LogP contribution in [0.4, 0.5) is 5.82 Å². The van der Waals surface area contributed by atoms with Crippen LogP contribution in [0.15, 0.2) is 34.5 Å². The molecule has 3 heterocycles. The van der Waals surface area contributed by atoms with Crippen molar-refractivity contribution >= 4 is 23.5 Å². The van der Waals surface area contributed by atoms with Crippen molar-refractivity contribution in [2.75, 3.05) is 11.1 Å². The summed E-state index contributed by atoms with van der Waals surface area (Å²) in [6.07, 6.45) is 3.24. The number of aromatic nitrogens is 3. The maximum atomic E-state index is 12.4. The summed E-state index contributed by atoms with van der Waals surface area (Å²) >= 11 is 1.43. The van der Waals surface area contributed by atoms with Gasteiger partial charge in [-0.05, 0) is 31.5 Å². The second-order valence-electron chi connectivity index (χ2n) is 5.36. The second kappa shape index (κ2) is 5.92. The molecule has 1 amide bonds. The monoisotopic (exact) mass is 316 g/mol. The molecule has 1 N–H and O–H groups in total. The highest BCUT2D eigenvalue weighted by Crippen LogP contribution is 2.25. The van der Waals surface area contributed by atoms with Crippen LogP contribution in [0.2, 0.25) is 0 Å². The van der Waals surface area contributed by atoms with E-state index in [0.29, 0.717) is 28.8 Å². The van der Waals surface area contributed by atoms with Crippen LogP contribution in [0.25, 0.3) is 0 Å². The first-order valence-electron chi connectivity index (χ1n) is 6.97. The normalized spacial score (nSPS) is 16.9. The third-order valence-electron chi connectivity index (χ3n) is 3.54. The van der Waals surface area contributed by atoms with Gasteiger partial charge in [0.25, 0.3) is 5.56 Å². The highest BCUT2D eigenvalue weighted by atomic mass is 32.2. The lowest BCUT2D eigenvalue weighted by atomic mass is 10.1. The third kappa shape index (κ3) is 2.89. The van der Waals surface area contributed by atoms with E-state index in [-0.39, 0.29) is 17.4 Å². The molecule has 0 fully saturated rings. The van der Waals surface area contributed by atoms with E-state index in [4.69, 9.17) is 0 Å². The van der Waals surface area contributed by atoms with Gasteiger partial charge in [-0.2, -0.15) is 0 Å². The number of fused-ring (bicyclic) bond motifs is 1. The molecule has 3 rings (SSSR count). The first-order chi connectivity index (χ1) is 10.5. The summed E-state index contributed by atoms with van der Waals surface area (Å²) in [5.74, 6) is 0.744. The van der Waals surface area contributed by atoms with Crippen LogP contribution < -0.4 is 10.9 Å². The third-order valence-corrected chi connectivity index (χ3v) is 4.69. The van der Waals surface area contributed by atoms with Crippen LogP contribution in [0.3, 0.4) is 0 Å². The van der Waals surface area contributed by atoms with Gasteiger partial charge < -0.3 is 5.32 Å². The Morgan fingerprint density at radius 3 is 3.00 bits per heavy atom. The van der Waals surface area contributed by atoms with Gasteiger partial charge in [-0.1, -0.05) is 11.8 Å². The lowest BCUT2D eigenvalue weighted by molar-refractivity contribution is -0.119. The number of hydrogen-bond acceptors (Lipinski definition) is 5. The number of carbonyl (C=O) groups is 1. The molecule has 0 aliphatic carbocycles. The summed E-state index contributed by atoms with van der Waals surface area (Å²) in [6.45, 7) is 4.03. The van der Waals surface area contributed by atoms with Gasteiger partial charge in [-0.25, -0.2) is 9.97 Å². The molecule has 0 spiro atoms. The van der Waals surface area contributed by atoms with Gasteiger partial charge in [0.1, 0.15) is 5.82 Å². The largest absolute Gasteiger partial charge is 0.310 e. The minimum absolute atomic E-state index is 0.0799. The average Bonchev–Trinajstić information content (AvgIpc) is 2.51. The number of pyridine rings is 1. The van der Waals surface area contributed by atoms with Gasteiger partial charge in [0.05, 0.1) is 5.92 Å². The summed E-state index contributed by atoms with van der Waals surface area (Å²) in [7, 11) is 0. The fourth-order valence-electron chi connectivity index (χ4n) is 2.29. The molecule has 1 aliphatic rings. The highest BCUT2D eigenvalue weighted by Gasteiger charge is 2.27. The summed E-state index contributed by atoms with van der Waals surface area (Å²) < 4.78 is 1.58. The Morgan fingerprint density at radius 1 is 1.41 bits per heavy atom. The molecule has 0 saturated carbocycles. The molecule has 2 aromatic rings. The fraction of sp³-hybridized carbons (Fsp3) is 0.333. The molecule has 6 nitrogen and oxygen atoms in total. The van der Waals surface area contributed by atoms with Crippen molar-refractivity contribution in [2.45, 2.75) is 25.5 Å². The zero-order chi connectivity index (χ0) is 15.7. The van der Waals surface area contributed by atoms with Crippen molar-refractivity contribution in [1.29, 1.82) is 0 Å². The van der Waals surface area contributed by atoms with Crippen molar-refractivity contribution < 1.29 is 4.79 Å². The molecule has 0 radical (unpaired) electrons. The molecule has 1 aliphatic heterocycles. The Bertz CT molecular complexity index is 787. The molecule has 2 aromatic heterocycles. The van der Waals surface area contributed by atoms with E-state index in [1.807, 2.05) is 19.1 Å². The Labute approximate surface area is 132 Å². The van der Waals surface area contributed by atoms with Crippen LogP contribution in [0.5, 0.6) is 0 Å². The predicted octanol–water partition coefficient (Wildman–Crippen LogP) is 1.62. The van der Waals surface area contributed by atoms with Gasteiger partial charge in [0, 0.05) is 30.3 Å². The van der Waals surface area contributed by atoms with Crippen LogP contribution in [-0.2, 0) is 11.3 Å². The topological polar surface area (TPSA) is 76.9 Å². The molecule has 1 atom stereocenters. The van der Waals surface area contributed by atoms with E-state index in [9.17, 15) is 9.59 Å². The number of carbonyl (C=O) groups excluding carboxylic acids is 1. The van der Waals surface area contributed by atoms with Crippen LogP contribution in [0.1, 0.15) is 11.1 Å². The minimum Gasteiger partial charge on any atom is -0.310 e. The van der Waals surface area contributed by atoms with E-state index in [1.54, 1.807) is 23.9 Å². The predicted molar refractivity (Wildman–Crippen MR) is 85.1 cm³/mol. The number of aryl methyl sites for hydroxylation is 2. The average molecular weight is 316 g/mol. The van der Waals surface area contributed by atoms with E-state index < -0.39 is 0 Å². The van der Waals surface area contributed by atoms with Crippen LogP contribution in [0, 0.1) is 19.8 Å². The summed E-state index contributed by atoms with van der Waals surface area (Å²) in [4.78, 5) is 32.9. The molecule has 0 aromatic carbocycles. The zero-order valence-corrected chi connectivity index (χ0v) is 13.2. The number of nitrogens with zero attached hydrogens (tertiary/aromatic N) is 3. The molecule has 1 unspecified atom stereocenters. The SMILES string of the molecule is Cc1ccnc(NC(=O)C2CSc3ncc(C)c(=O)n3C2)c1. The van der Waals surface area contributed by atoms with Crippen molar-refractivity contribution in [2.24, 2.45) is 5.92 Å². The fourth-order valence-corrected chi connectivity index (χ4v) is 3.34. The van der Waals surface area contributed by atoms with Crippen LogP contribution in [-0.4, -0.2) is 26.2 Å². The standard InChI is InChI=1S/C15H16N4O2S/c1-9-3-4-16-12(5-9)18-13(20)11-7-19-14(21)10(2)6-17-15(19)22-8-11/h3-6,11H,7-8H2,1-2H3,(H,16,18,20). The van der Waals surface area contributed by atoms with Gasteiger partial charge in [-0.3, -0.25) is 14.2 Å². The Balaban J connectivity index is 1.78. The Morgan fingerprint density at radius 2 is 2.23 bits per heavy atom. The number of nitrogens with one attached hydrogen (secondary N) is 1. The lowest BCUT2D eigenvalue weighted by Gasteiger charge is -2.24. The van der Waals surface area contributed by atoms with Crippen molar-refractivity contribution in [3.63, 3.8) is 0 Å². The van der Waals surface area contributed by atoms with Crippen molar-refractivity contribution in [3.8, 4) is 0 Å². The maximum Gasteiger partial charge on any atom is 0.257 e. The Kier molecular flexibility index (Phi) is 3.98.